The molecule has 2 aliphatic heterocycles. The van der Waals surface area contributed by atoms with Gasteiger partial charge in [0.05, 0.1) is 0 Å². The number of aliphatic carboxylic acids is 2. The number of carboxylic acid groups (broad SMARTS) is 2. The minimum absolute atomic E-state index is 0.156. The molecule has 1 fully saturated rings. The Kier molecular flexibility index (Phi) is 6.90. The van der Waals surface area contributed by atoms with E-state index < -0.39 is 41.3 Å². The largest absolute Gasteiger partial charge is 0.481 e. The second-order valence-corrected chi connectivity index (χ2v) is 9.44. The summed E-state index contributed by atoms with van der Waals surface area (Å²) in [5.41, 5.74) is 0.700. The van der Waals surface area contributed by atoms with Crippen molar-refractivity contribution in [1.29, 1.82) is 0 Å². The number of hydrogen-bond donors (Lipinski definition) is 5. The summed E-state index contributed by atoms with van der Waals surface area (Å²) in [6.45, 7) is 0. The lowest BCUT2D eigenvalue weighted by Gasteiger charge is -2.49. The Morgan fingerprint density at radius 2 is 2.00 bits per heavy atom. The number of benzene rings is 1. The maximum Gasteiger partial charge on any atom is 0.352 e. The maximum absolute atomic E-state index is 12.8. The van der Waals surface area contributed by atoms with Crippen LogP contribution in [0, 0.1) is 0 Å². The van der Waals surface area contributed by atoms with E-state index in [9.17, 15) is 29.4 Å². The van der Waals surface area contributed by atoms with Crippen LogP contribution in [0.25, 0.3) is 0 Å². The fraction of sp³-hybridized carbons (Fsp3) is 0.300. The van der Waals surface area contributed by atoms with Gasteiger partial charge < -0.3 is 20.6 Å². The van der Waals surface area contributed by atoms with Crippen LogP contribution < -0.4 is 5.32 Å². The topological polar surface area (TPSA) is 186 Å². The van der Waals surface area contributed by atoms with Crippen molar-refractivity contribution in [3.63, 3.8) is 0 Å². The fourth-order valence-corrected chi connectivity index (χ4v) is 5.83. The number of aliphatic hydroxyl groups is 1. The Morgan fingerprint density at radius 1 is 1.26 bits per heavy atom. The van der Waals surface area contributed by atoms with E-state index in [1.54, 1.807) is 30.3 Å². The summed E-state index contributed by atoms with van der Waals surface area (Å²) in [6.07, 6.45) is -1.77. The molecule has 2 aliphatic rings. The molecule has 1 aromatic heterocycles. The van der Waals surface area contributed by atoms with Crippen LogP contribution in [0.2, 0.25) is 0 Å². The van der Waals surface area contributed by atoms with Gasteiger partial charge in [0.25, 0.3) is 11.8 Å². The molecule has 0 aliphatic carbocycles. The van der Waals surface area contributed by atoms with Gasteiger partial charge in [0, 0.05) is 11.5 Å². The molecule has 3 heterocycles. The van der Waals surface area contributed by atoms with Gasteiger partial charge in [0.2, 0.25) is 5.16 Å². The van der Waals surface area contributed by atoms with E-state index >= 15 is 0 Å². The van der Waals surface area contributed by atoms with E-state index in [0.717, 1.165) is 16.7 Å². The summed E-state index contributed by atoms with van der Waals surface area (Å²) < 4.78 is 0. The predicted octanol–water partition coefficient (Wildman–Crippen LogP) is -0.00390. The molecule has 5 N–H and O–H groups in total. The first-order valence-electron chi connectivity index (χ1n) is 9.95. The molecular formula is C20H19N5O7S2. The lowest BCUT2D eigenvalue weighted by Crippen LogP contribution is -2.70. The van der Waals surface area contributed by atoms with Gasteiger partial charge in [0.1, 0.15) is 29.4 Å². The van der Waals surface area contributed by atoms with Gasteiger partial charge in [-0.1, -0.05) is 42.1 Å². The molecule has 0 spiro atoms. The van der Waals surface area contributed by atoms with Crippen LogP contribution in [0.15, 0.2) is 46.8 Å². The summed E-state index contributed by atoms with van der Waals surface area (Å²) in [5.74, 6) is -3.00. The van der Waals surface area contributed by atoms with Crippen LogP contribution in [0.5, 0.6) is 0 Å². The third-order valence-electron chi connectivity index (χ3n) is 5.12. The Balaban J connectivity index is 1.43. The van der Waals surface area contributed by atoms with Crippen molar-refractivity contribution in [2.75, 3.05) is 11.5 Å². The van der Waals surface area contributed by atoms with Gasteiger partial charge in [-0.3, -0.25) is 24.4 Å². The average molecular weight is 506 g/mol. The van der Waals surface area contributed by atoms with Crippen LogP contribution in [-0.4, -0.2) is 82.1 Å². The number of carbonyl (C=O) groups is 4. The number of hydrogen-bond acceptors (Lipinski definition) is 9. The van der Waals surface area contributed by atoms with Crippen molar-refractivity contribution >= 4 is 47.3 Å². The van der Waals surface area contributed by atoms with Crippen LogP contribution in [0.1, 0.15) is 17.5 Å². The number of aromatic nitrogens is 3. The quantitative estimate of drug-likeness (QED) is 0.228. The van der Waals surface area contributed by atoms with E-state index in [1.807, 2.05) is 0 Å². The van der Waals surface area contributed by atoms with Crippen molar-refractivity contribution in [3.05, 3.63) is 53.0 Å². The molecule has 1 aromatic carbocycles. The third-order valence-corrected chi connectivity index (χ3v) is 7.39. The number of fused-ring (bicyclic) bond motifs is 1. The van der Waals surface area contributed by atoms with E-state index in [4.69, 9.17) is 5.11 Å². The number of H-pyrrole nitrogens is 1. The molecule has 14 heteroatoms. The van der Waals surface area contributed by atoms with Gasteiger partial charge in [0.15, 0.2) is 6.10 Å². The number of nitrogens with zero attached hydrogens (tertiary/aromatic N) is 3. The van der Waals surface area contributed by atoms with E-state index in [1.165, 1.54) is 11.8 Å². The Labute approximate surface area is 200 Å². The first-order valence-corrected chi connectivity index (χ1v) is 12.0. The zero-order chi connectivity index (χ0) is 24.4. The molecule has 2 aromatic rings. The number of β-lactam (4-membered cyclic amide) rings is 1. The second kappa shape index (κ2) is 9.87. The van der Waals surface area contributed by atoms with Gasteiger partial charge >= 0.3 is 11.9 Å². The second-order valence-electron chi connectivity index (χ2n) is 7.39. The van der Waals surface area contributed by atoms with Crippen LogP contribution in [0.4, 0.5) is 0 Å². The molecule has 1 unspecified atom stereocenters. The van der Waals surface area contributed by atoms with Crippen LogP contribution in [-0.2, 0) is 25.6 Å². The molecule has 1 saturated heterocycles. The van der Waals surface area contributed by atoms with Crippen molar-refractivity contribution in [1.82, 2.24) is 25.4 Å². The highest BCUT2D eigenvalue weighted by Crippen LogP contribution is 2.41. The number of nitrogens with one attached hydrogen (secondary N) is 2. The SMILES string of the molecule is O=C(O)Cc1nc(SCC2=C(C(=O)O)N3C(=O)C(NC(=O)[C@H](O)c4ccccc4)[C@H]3SC2)n[nH]1. The standard InChI is InChI=1S/C20H19N5O7S2/c26-12(27)6-11-21-20(24-23-11)34-8-10-7-33-18-13(17(30)25(18)14(10)19(31)32)22-16(29)15(28)9-4-2-1-3-5-9/h1-5,13,15,18,28H,6-8H2,(H,22,29)(H,26,27)(H,31,32)(H,21,23,24)/t13?,15-,18-/m1/s1. The summed E-state index contributed by atoms with van der Waals surface area (Å²) in [7, 11) is 0. The van der Waals surface area contributed by atoms with Gasteiger partial charge in [-0.2, -0.15) is 0 Å². The first kappa shape index (κ1) is 23.8. The molecule has 12 nitrogen and oxygen atoms in total. The first-order chi connectivity index (χ1) is 16.3. The van der Waals surface area contributed by atoms with Crippen molar-refractivity contribution in [3.8, 4) is 0 Å². The number of carbonyl (C=O) groups excluding carboxylic acids is 2. The van der Waals surface area contributed by atoms with Crippen molar-refractivity contribution < 1.29 is 34.5 Å². The highest BCUT2D eigenvalue weighted by molar-refractivity contribution is 8.01. The summed E-state index contributed by atoms with van der Waals surface area (Å²) >= 11 is 2.42. The number of thioether (sulfide) groups is 2. The average Bonchev–Trinajstić information content (AvgIpc) is 3.26. The molecule has 0 radical (unpaired) electrons. The smallest absolute Gasteiger partial charge is 0.352 e. The zero-order valence-electron chi connectivity index (χ0n) is 17.4. The highest BCUT2D eigenvalue weighted by atomic mass is 32.2. The zero-order valence-corrected chi connectivity index (χ0v) is 19.0. The molecule has 0 saturated carbocycles. The van der Waals surface area contributed by atoms with Gasteiger partial charge in [-0.05, 0) is 11.1 Å². The normalized spacial score (nSPS) is 20.4. The lowest BCUT2D eigenvalue weighted by atomic mass is 10.0. The molecule has 0 bridgehead atoms. The molecule has 4 rings (SSSR count). The van der Waals surface area contributed by atoms with E-state index in [2.05, 4.69) is 20.5 Å². The van der Waals surface area contributed by atoms with Crippen LogP contribution >= 0.6 is 23.5 Å². The highest BCUT2D eigenvalue weighted by Gasteiger charge is 2.54. The molecule has 178 valence electrons. The maximum atomic E-state index is 12.8. The molecule has 3 atom stereocenters. The minimum atomic E-state index is -1.45. The van der Waals surface area contributed by atoms with E-state index in [-0.39, 0.29) is 28.9 Å². The Bertz CT molecular complexity index is 1170. The summed E-state index contributed by atoms with van der Waals surface area (Å²) in [4.78, 5) is 53.1. The Hall–Kier alpha value is -3.36. The van der Waals surface area contributed by atoms with Crippen molar-refractivity contribution in [2.45, 2.75) is 29.1 Å². The summed E-state index contributed by atoms with van der Waals surface area (Å²) in [5, 5.41) is 37.4. The van der Waals surface area contributed by atoms with Crippen LogP contribution in [0.3, 0.4) is 0 Å². The van der Waals surface area contributed by atoms with Gasteiger partial charge in [-0.15, -0.1) is 16.9 Å². The van der Waals surface area contributed by atoms with Gasteiger partial charge in [-0.25, -0.2) is 9.78 Å². The predicted molar refractivity (Wildman–Crippen MR) is 120 cm³/mol. The molecule has 2 amide bonds. The molecule has 34 heavy (non-hydrogen) atoms. The third kappa shape index (κ3) is 4.78. The summed E-state index contributed by atoms with van der Waals surface area (Å²) in [6, 6.07) is 7.31. The van der Waals surface area contributed by atoms with E-state index in [0.29, 0.717) is 16.9 Å². The van der Waals surface area contributed by atoms with Crippen molar-refractivity contribution in [2.24, 2.45) is 0 Å². The number of carboxylic acids is 2. The Morgan fingerprint density at radius 3 is 2.68 bits per heavy atom. The minimum Gasteiger partial charge on any atom is -0.481 e. The number of aliphatic hydroxyl groups excluding tert-OH is 1. The fourth-order valence-electron chi connectivity index (χ4n) is 3.53. The number of amides is 2. The number of aromatic amines is 1. The lowest BCUT2D eigenvalue weighted by molar-refractivity contribution is -0.151. The number of rotatable bonds is 9. The monoisotopic (exact) mass is 505 g/mol. The molecular weight excluding hydrogens is 486 g/mol.